The van der Waals surface area contributed by atoms with Crippen molar-refractivity contribution in [3.8, 4) is 0 Å². The van der Waals surface area contributed by atoms with Crippen molar-refractivity contribution < 1.29 is 0 Å². The van der Waals surface area contributed by atoms with Gasteiger partial charge in [0.15, 0.2) is 0 Å². The standard InChI is InChI=1S/C18H40N2Si2/c1-21(2,3)20(22(4,5)6)19(17-13-9-7-10-14-17)18-15-11-8-12-16-18/h17-18H,7-16H2,1-6H3. The summed E-state index contributed by atoms with van der Waals surface area (Å²) in [6, 6.07) is 1.69. The van der Waals surface area contributed by atoms with Crippen LogP contribution in [0.15, 0.2) is 0 Å². The molecule has 0 aliphatic heterocycles. The van der Waals surface area contributed by atoms with Crippen molar-refractivity contribution >= 4 is 16.5 Å². The Bertz CT molecular complexity index is 302. The molecule has 22 heavy (non-hydrogen) atoms. The lowest BCUT2D eigenvalue weighted by atomic mass is 9.90. The van der Waals surface area contributed by atoms with Crippen LogP contribution in [0.25, 0.3) is 0 Å². The smallest absolute Gasteiger partial charge is 0.128 e. The van der Waals surface area contributed by atoms with Crippen molar-refractivity contribution in [2.75, 3.05) is 0 Å². The first kappa shape index (κ1) is 18.7. The van der Waals surface area contributed by atoms with Crippen molar-refractivity contribution in [3.05, 3.63) is 0 Å². The van der Waals surface area contributed by atoms with Gasteiger partial charge in [-0.15, -0.1) is 0 Å². The minimum Gasteiger partial charge on any atom is -0.283 e. The molecule has 0 heterocycles. The first-order valence-corrected chi connectivity index (χ1v) is 16.7. The van der Waals surface area contributed by atoms with E-state index in [4.69, 9.17) is 0 Å². The highest BCUT2D eigenvalue weighted by atomic mass is 28.4. The molecule has 130 valence electrons. The maximum absolute atomic E-state index is 3.03. The Hall–Kier alpha value is 0.354. The largest absolute Gasteiger partial charge is 0.283 e. The second-order valence-electron chi connectivity index (χ2n) is 9.62. The van der Waals surface area contributed by atoms with Crippen LogP contribution in [-0.2, 0) is 0 Å². The molecule has 0 aromatic carbocycles. The van der Waals surface area contributed by atoms with Crippen molar-refractivity contribution in [3.63, 3.8) is 0 Å². The zero-order valence-electron chi connectivity index (χ0n) is 16.1. The van der Waals surface area contributed by atoms with Gasteiger partial charge in [0.05, 0.1) is 0 Å². The summed E-state index contributed by atoms with van der Waals surface area (Å²) < 4.78 is 3.03. The van der Waals surface area contributed by atoms with E-state index in [-0.39, 0.29) is 0 Å². The number of nitrogens with zero attached hydrogens (tertiary/aromatic N) is 2. The highest BCUT2D eigenvalue weighted by Gasteiger charge is 2.44. The predicted molar refractivity (Wildman–Crippen MR) is 104 cm³/mol. The van der Waals surface area contributed by atoms with Gasteiger partial charge < -0.3 is 0 Å². The Morgan fingerprint density at radius 3 is 1.14 bits per heavy atom. The third kappa shape index (κ3) is 4.68. The Labute approximate surface area is 141 Å². The van der Waals surface area contributed by atoms with E-state index in [1.807, 2.05) is 0 Å². The molecule has 0 saturated heterocycles. The molecule has 4 heteroatoms. The third-order valence-electron chi connectivity index (χ3n) is 5.40. The molecule has 0 amide bonds. The second kappa shape index (κ2) is 7.50. The van der Waals surface area contributed by atoms with Crippen LogP contribution in [0.5, 0.6) is 0 Å². The summed E-state index contributed by atoms with van der Waals surface area (Å²) in [5.41, 5.74) is 0. The summed E-state index contributed by atoms with van der Waals surface area (Å²) in [5, 5.41) is 3.01. The van der Waals surface area contributed by atoms with Crippen LogP contribution in [0.4, 0.5) is 0 Å². The normalized spacial score (nSPS) is 23.5. The Morgan fingerprint density at radius 2 is 0.864 bits per heavy atom. The molecular formula is C18H40N2Si2. The van der Waals surface area contributed by atoms with Gasteiger partial charge in [0.1, 0.15) is 16.5 Å². The maximum Gasteiger partial charge on any atom is 0.128 e. The van der Waals surface area contributed by atoms with Crippen molar-refractivity contribution in [2.24, 2.45) is 0 Å². The molecule has 0 spiro atoms. The van der Waals surface area contributed by atoms with Crippen molar-refractivity contribution in [1.82, 2.24) is 9.35 Å². The van der Waals surface area contributed by atoms with Gasteiger partial charge in [0.25, 0.3) is 0 Å². The van der Waals surface area contributed by atoms with E-state index in [9.17, 15) is 0 Å². The average molecular weight is 341 g/mol. The molecule has 0 atom stereocenters. The Balaban J connectivity index is 2.31. The molecule has 0 unspecified atom stereocenters. The van der Waals surface area contributed by atoms with E-state index >= 15 is 0 Å². The van der Waals surface area contributed by atoms with Crippen LogP contribution in [0.1, 0.15) is 64.2 Å². The highest BCUT2D eigenvalue weighted by molar-refractivity contribution is 6.89. The lowest BCUT2D eigenvalue weighted by Gasteiger charge is -2.57. The van der Waals surface area contributed by atoms with Crippen LogP contribution < -0.4 is 0 Å². The Kier molecular flexibility index (Phi) is 6.37. The van der Waals surface area contributed by atoms with Gasteiger partial charge in [-0.25, -0.2) is 5.01 Å². The molecule has 2 nitrogen and oxygen atoms in total. The van der Waals surface area contributed by atoms with E-state index in [1.54, 1.807) is 0 Å². The van der Waals surface area contributed by atoms with Crippen LogP contribution >= 0.6 is 0 Å². The summed E-state index contributed by atoms with van der Waals surface area (Å²) >= 11 is 0. The van der Waals surface area contributed by atoms with E-state index in [1.165, 1.54) is 64.2 Å². The first-order chi connectivity index (χ1) is 10.2. The third-order valence-corrected chi connectivity index (χ3v) is 12.4. The van der Waals surface area contributed by atoms with Gasteiger partial charge in [-0.1, -0.05) is 77.8 Å². The minimum atomic E-state index is -1.33. The van der Waals surface area contributed by atoms with Gasteiger partial charge in [0, 0.05) is 12.1 Å². The summed E-state index contributed by atoms with van der Waals surface area (Å²) in [5.74, 6) is 0. The molecule has 2 rings (SSSR count). The predicted octanol–water partition coefficient (Wildman–Crippen LogP) is 5.84. The summed E-state index contributed by atoms with van der Waals surface area (Å²) in [6.45, 7) is 15.4. The number of hydrogen-bond donors (Lipinski definition) is 0. The summed E-state index contributed by atoms with van der Waals surface area (Å²) in [4.78, 5) is 0. The van der Waals surface area contributed by atoms with Gasteiger partial charge in [-0.3, -0.25) is 4.34 Å². The van der Waals surface area contributed by atoms with Gasteiger partial charge in [0.2, 0.25) is 0 Å². The molecule has 2 fully saturated rings. The molecule has 2 aliphatic carbocycles. The van der Waals surface area contributed by atoms with Crippen LogP contribution in [-0.4, -0.2) is 37.9 Å². The molecule has 2 aliphatic rings. The fourth-order valence-corrected chi connectivity index (χ4v) is 15.1. The fourth-order valence-electron chi connectivity index (χ4n) is 5.01. The van der Waals surface area contributed by atoms with Gasteiger partial charge >= 0.3 is 0 Å². The number of hydrazine groups is 1. The van der Waals surface area contributed by atoms with E-state index in [0.717, 1.165) is 12.1 Å². The molecular weight excluding hydrogens is 300 g/mol. The van der Waals surface area contributed by atoms with E-state index in [2.05, 4.69) is 48.6 Å². The molecule has 0 radical (unpaired) electrons. The molecule has 2 saturated carbocycles. The second-order valence-corrected chi connectivity index (χ2v) is 19.6. The van der Waals surface area contributed by atoms with Gasteiger partial charge in [-0.05, 0) is 25.7 Å². The first-order valence-electron chi connectivity index (χ1n) is 9.80. The van der Waals surface area contributed by atoms with Crippen molar-refractivity contribution in [1.29, 1.82) is 0 Å². The zero-order valence-corrected chi connectivity index (χ0v) is 18.1. The van der Waals surface area contributed by atoms with Crippen LogP contribution in [0.2, 0.25) is 39.3 Å². The topological polar surface area (TPSA) is 6.48 Å². The minimum absolute atomic E-state index is 0.843. The lowest BCUT2D eigenvalue weighted by Crippen LogP contribution is -2.70. The zero-order chi connectivity index (χ0) is 16.4. The van der Waals surface area contributed by atoms with Crippen LogP contribution in [0.3, 0.4) is 0 Å². The lowest BCUT2D eigenvalue weighted by molar-refractivity contribution is -0.0191. The molecule has 0 aromatic rings. The fraction of sp³-hybridized carbons (Fsp3) is 1.00. The van der Waals surface area contributed by atoms with Crippen molar-refractivity contribution in [2.45, 2.75) is 116 Å². The molecule has 0 N–H and O–H groups in total. The molecule has 0 aromatic heterocycles. The highest BCUT2D eigenvalue weighted by Crippen LogP contribution is 2.35. The quantitative estimate of drug-likeness (QED) is 0.458. The van der Waals surface area contributed by atoms with E-state index in [0.29, 0.717) is 0 Å². The Morgan fingerprint density at radius 1 is 0.545 bits per heavy atom. The monoisotopic (exact) mass is 340 g/mol. The number of rotatable bonds is 5. The van der Waals surface area contributed by atoms with E-state index < -0.39 is 16.5 Å². The average Bonchev–Trinajstić information content (AvgIpc) is 2.44. The van der Waals surface area contributed by atoms with Crippen LogP contribution in [0, 0.1) is 0 Å². The number of hydrogen-bond acceptors (Lipinski definition) is 2. The molecule has 0 bridgehead atoms. The summed E-state index contributed by atoms with van der Waals surface area (Å²) in [7, 11) is -2.66. The summed E-state index contributed by atoms with van der Waals surface area (Å²) in [6.07, 6.45) is 14.5. The maximum atomic E-state index is 3.03. The van der Waals surface area contributed by atoms with Gasteiger partial charge in [-0.2, -0.15) is 0 Å². The SMILES string of the molecule is C[Si](C)(C)N(N(C1CCCCC1)C1CCCCC1)[Si](C)(C)C.